The number of nitrogens with zero attached hydrogens (tertiary/aromatic N) is 3. The molecule has 3 rings (SSSR count). The first kappa shape index (κ1) is 19.6. The zero-order chi connectivity index (χ0) is 19.9. The quantitative estimate of drug-likeness (QED) is 0.734. The van der Waals surface area contributed by atoms with Crippen LogP contribution < -0.4 is 0 Å². The van der Waals surface area contributed by atoms with E-state index in [4.69, 9.17) is 18.7 Å². The van der Waals surface area contributed by atoms with Gasteiger partial charge >= 0.3 is 0 Å². The molecule has 0 saturated heterocycles. The van der Waals surface area contributed by atoms with E-state index in [2.05, 4.69) is 58.6 Å². The van der Waals surface area contributed by atoms with Crippen LogP contribution in [0.2, 0.25) is 0 Å². The van der Waals surface area contributed by atoms with Crippen LogP contribution in [0.3, 0.4) is 0 Å². The van der Waals surface area contributed by atoms with Crippen molar-refractivity contribution in [1.82, 2.24) is 10.1 Å². The highest BCUT2D eigenvalue weighted by molar-refractivity contribution is 5.83. The highest BCUT2D eigenvalue weighted by atomic mass is 16.5. The monoisotopic (exact) mass is 373 g/mol. The molecule has 0 aliphatic carbocycles. The number of hydrogen-bond acceptors (Lipinski definition) is 6. The summed E-state index contributed by atoms with van der Waals surface area (Å²) in [5.74, 6) is 2.41. The van der Waals surface area contributed by atoms with E-state index in [0.717, 1.165) is 29.7 Å². The SMILES string of the molecule is CC(C)(Cc1cnc(C(C)(C)C)o1)C1=NCC(CC(C)(C)c2ccon2)O1. The van der Waals surface area contributed by atoms with Crippen LogP contribution in [-0.2, 0) is 22.0 Å². The van der Waals surface area contributed by atoms with Gasteiger partial charge in [0.05, 0.1) is 18.4 Å². The van der Waals surface area contributed by atoms with E-state index in [-0.39, 0.29) is 22.3 Å². The van der Waals surface area contributed by atoms with Gasteiger partial charge in [0.2, 0.25) is 0 Å². The number of rotatable bonds is 6. The molecule has 0 amide bonds. The molecule has 1 aliphatic rings. The fourth-order valence-corrected chi connectivity index (χ4v) is 3.38. The van der Waals surface area contributed by atoms with Gasteiger partial charge in [-0.2, -0.15) is 0 Å². The minimum atomic E-state index is -0.249. The number of aliphatic imine (C=N–C) groups is 1. The van der Waals surface area contributed by atoms with Gasteiger partial charge in [-0.1, -0.05) is 53.6 Å². The minimum Gasteiger partial charge on any atom is -0.475 e. The summed E-state index contributed by atoms with van der Waals surface area (Å²) in [5.41, 5.74) is 0.470. The fourth-order valence-electron chi connectivity index (χ4n) is 3.38. The van der Waals surface area contributed by atoms with Gasteiger partial charge in [-0.3, -0.25) is 4.99 Å². The number of hydrogen-bond donors (Lipinski definition) is 0. The maximum Gasteiger partial charge on any atom is 0.199 e. The van der Waals surface area contributed by atoms with Gasteiger partial charge in [0.1, 0.15) is 18.1 Å². The van der Waals surface area contributed by atoms with Crippen LogP contribution in [-0.4, -0.2) is 28.7 Å². The second-order valence-electron chi connectivity index (χ2n) is 9.80. The predicted octanol–water partition coefficient (Wildman–Crippen LogP) is 4.69. The minimum absolute atomic E-state index is 0.0471. The Hall–Kier alpha value is -2.11. The topological polar surface area (TPSA) is 73.7 Å². The van der Waals surface area contributed by atoms with Crippen LogP contribution in [0.25, 0.3) is 0 Å². The van der Waals surface area contributed by atoms with E-state index in [1.165, 1.54) is 0 Å². The van der Waals surface area contributed by atoms with Gasteiger partial charge in [0.15, 0.2) is 11.8 Å². The van der Waals surface area contributed by atoms with E-state index in [0.29, 0.717) is 13.0 Å². The second kappa shape index (κ2) is 6.80. The molecular formula is C21H31N3O3. The van der Waals surface area contributed by atoms with E-state index in [1.54, 1.807) is 6.26 Å². The molecule has 2 aromatic heterocycles. The van der Waals surface area contributed by atoms with Crippen LogP contribution in [0.1, 0.15) is 72.2 Å². The summed E-state index contributed by atoms with van der Waals surface area (Å²) in [7, 11) is 0. The van der Waals surface area contributed by atoms with Crippen molar-refractivity contribution in [2.75, 3.05) is 6.54 Å². The van der Waals surface area contributed by atoms with Crippen LogP contribution in [0.4, 0.5) is 0 Å². The van der Waals surface area contributed by atoms with Crippen LogP contribution in [0.5, 0.6) is 0 Å². The first-order valence-corrected chi connectivity index (χ1v) is 9.55. The Morgan fingerprint density at radius 1 is 1.07 bits per heavy atom. The average molecular weight is 373 g/mol. The molecule has 0 aromatic carbocycles. The largest absolute Gasteiger partial charge is 0.475 e. The zero-order valence-electron chi connectivity index (χ0n) is 17.5. The maximum absolute atomic E-state index is 6.24. The molecule has 0 N–H and O–H groups in total. The molecule has 1 atom stereocenters. The maximum atomic E-state index is 6.24. The summed E-state index contributed by atoms with van der Waals surface area (Å²) in [6, 6.07) is 1.91. The molecule has 0 spiro atoms. The first-order valence-electron chi connectivity index (χ1n) is 9.55. The summed E-state index contributed by atoms with van der Waals surface area (Å²) >= 11 is 0. The van der Waals surface area contributed by atoms with Gasteiger partial charge in [0, 0.05) is 28.7 Å². The normalized spacial score (nSPS) is 18.5. The van der Waals surface area contributed by atoms with Crippen molar-refractivity contribution >= 4 is 5.90 Å². The molecule has 0 bridgehead atoms. The summed E-state index contributed by atoms with van der Waals surface area (Å²) < 4.78 is 17.2. The van der Waals surface area contributed by atoms with E-state index in [1.807, 2.05) is 12.3 Å². The molecule has 1 unspecified atom stereocenters. The highest BCUT2D eigenvalue weighted by Gasteiger charge is 2.37. The van der Waals surface area contributed by atoms with E-state index >= 15 is 0 Å². The van der Waals surface area contributed by atoms with E-state index < -0.39 is 0 Å². The molecule has 1 aliphatic heterocycles. The van der Waals surface area contributed by atoms with Gasteiger partial charge in [-0.25, -0.2) is 4.98 Å². The molecule has 2 aromatic rings. The smallest absolute Gasteiger partial charge is 0.199 e. The Morgan fingerprint density at radius 3 is 2.41 bits per heavy atom. The molecule has 3 heterocycles. The Morgan fingerprint density at radius 2 is 1.81 bits per heavy atom. The number of oxazole rings is 1. The molecule has 0 saturated carbocycles. The van der Waals surface area contributed by atoms with Crippen molar-refractivity contribution in [2.24, 2.45) is 10.4 Å². The molecule has 0 fully saturated rings. The summed E-state index contributed by atoms with van der Waals surface area (Å²) in [5, 5.41) is 4.09. The summed E-state index contributed by atoms with van der Waals surface area (Å²) in [6.07, 6.45) is 5.02. The third-order valence-electron chi connectivity index (χ3n) is 4.98. The summed E-state index contributed by atoms with van der Waals surface area (Å²) in [6.45, 7) is 15.5. The predicted molar refractivity (Wildman–Crippen MR) is 104 cm³/mol. The Balaban J connectivity index is 1.62. The molecule has 6 heteroatoms. The lowest BCUT2D eigenvalue weighted by Crippen LogP contribution is -2.31. The van der Waals surface area contributed by atoms with Gasteiger partial charge in [0.25, 0.3) is 0 Å². The Labute approximate surface area is 161 Å². The van der Waals surface area contributed by atoms with Crippen molar-refractivity contribution < 1.29 is 13.7 Å². The van der Waals surface area contributed by atoms with Crippen molar-refractivity contribution in [3.05, 3.63) is 35.9 Å². The zero-order valence-corrected chi connectivity index (χ0v) is 17.5. The molecule has 0 radical (unpaired) electrons. The van der Waals surface area contributed by atoms with Crippen molar-refractivity contribution in [1.29, 1.82) is 0 Å². The Bertz CT molecular complexity index is 795. The third kappa shape index (κ3) is 4.42. The standard InChI is InChI=1S/C21H31N3O3/c1-19(2,3)17-22-12-15(26-17)11-21(6,7)18-23-13-14(27-18)10-20(4,5)16-8-9-25-24-16/h8-9,12,14H,10-11,13H2,1-7H3. The molecule has 6 nitrogen and oxygen atoms in total. The lowest BCUT2D eigenvalue weighted by Gasteiger charge is -2.28. The first-order chi connectivity index (χ1) is 12.5. The molecular weight excluding hydrogens is 342 g/mol. The Kier molecular flexibility index (Phi) is 4.95. The van der Waals surface area contributed by atoms with Crippen LogP contribution in [0.15, 0.2) is 32.5 Å². The van der Waals surface area contributed by atoms with Crippen LogP contribution >= 0.6 is 0 Å². The molecule has 148 valence electrons. The lowest BCUT2D eigenvalue weighted by molar-refractivity contribution is 0.158. The third-order valence-corrected chi connectivity index (χ3v) is 4.98. The van der Waals surface area contributed by atoms with E-state index in [9.17, 15) is 0 Å². The van der Waals surface area contributed by atoms with Crippen molar-refractivity contribution in [2.45, 2.75) is 78.2 Å². The number of aromatic nitrogens is 2. The van der Waals surface area contributed by atoms with Gasteiger partial charge in [-0.15, -0.1) is 0 Å². The lowest BCUT2D eigenvalue weighted by atomic mass is 9.83. The molecule has 27 heavy (non-hydrogen) atoms. The van der Waals surface area contributed by atoms with Gasteiger partial charge < -0.3 is 13.7 Å². The highest BCUT2D eigenvalue weighted by Crippen LogP contribution is 2.34. The number of ether oxygens (including phenoxy) is 1. The van der Waals surface area contributed by atoms with Crippen molar-refractivity contribution in [3.8, 4) is 0 Å². The fraction of sp³-hybridized carbons (Fsp3) is 0.667. The second-order valence-corrected chi connectivity index (χ2v) is 9.80. The average Bonchev–Trinajstić information content (AvgIpc) is 3.27. The van der Waals surface area contributed by atoms with Crippen molar-refractivity contribution in [3.63, 3.8) is 0 Å². The van der Waals surface area contributed by atoms with Crippen LogP contribution in [0, 0.1) is 5.41 Å². The summed E-state index contributed by atoms with van der Waals surface area (Å²) in [4.78, 5) is 9.12. The van der Waals surface area contributed by atoms with Gasteiger partial charge in [-0.05, 0) is 6.42 Å².